The second-order valence-corrected chi connectivity index (χ2v) is 5.51. The van der Waals surface area contributed by atoms with E-state index in [9.17, 15) is 9.59 Å². The zero-order valence-electron chi connectivity index (χ0n) is 12.1. The number of hydrogen-bond donors (Lipinski definition) is 1. The van der Waals surface area contributed by atoms with Gasteiger partial charge in [-0.25, -0.2) is 0 Å². The highest BCUT2D eigenvalue weighted by atomic mass is 16.4. The first-order chi connectivity index (χ1) is 9.51. The van der Waals surface area contributed by atoms with E-state index in [1.54, 1.807) is 4.90 Å². The number of likely N-dealkylation sites (tertiary alicyclic amines) is 1. The van der Waals surface area contributed by atoms with Gasteiger partial charge in [0.05, 0.1) is 0 Å². The average molecular weight is 278 g/mol. The number of hydrogen-bond acceptors (Lipinski definition) is 3. The normalized spacial score (nSPS) is 19.1. The molecule has 110 valence electrons. The van der Waals surface area contributed by atoms with E-state index < -0.39 is 0 Å². The molecule has 0 radical (unpaired) electrons. The molecule has 0 bridgehead atoms. The van der Waals surface area contributed by atoms with Gasteiger partial charge in [-0.2, -0.15) is 0 Å². The zero-order chi connectivity index (χ0) is 14.7. The summed E-state index contributed by atoms with van der Waals surface area (Å²) in [5.74, 6) is 1.06. The number of furan rings is 1. The van der Waals surface area contributed by atoms with Crippen LogP contribution >= 0.6 is 0 Å². The third kappa shape index (κ3) is 3.21. The van der Waals surface area contributed by atoms with Gasteiger partial charge in [-0.1, -0.05) is 6.92 Å². The summed E-state index contributed by atoms with van der Waals surface area (Å²) < 4.78 is 5.61. The van der Waals surface area contributed by atoms with Crippen molar-refractivity contribution in [1.29, 1.82) is 0 Å². The highest BCUT2D eigenvalue weighted by Gasteiger charge is 2.28. The second kappa shape index (κ2) is 6.11. The predicted molar refractivity (Wildman–Crippen MR) is 75.3 cm³/mol. The number of rotatable bonds is 4. The Hall–Kier alpha value is -1.78. The molecule has 1 aliphatic rings. The Kier molecular flexibility index (Phi) is 4.47. The molecule has 0 aromatic carbocycles. The van der Waals surface area contributed by atoms with Crippen molar-refractivity contribution in [3.63, 3.8) is 0 Å². The van der Waals surface area contributed by atoms with Gasteiger partial charge in [0.15, 0.2) is 5.76 Å². The van der Waals surface area contributed by atoms with Crippen molar-refractivity contribution in [1.82, 2.24) is 4.90 Å². The van der Waals surface area contributed by atoms with Crippen LogP contribution in [0.2, 0.25) is 0 Å². The van der Waals surface area contributed by atoms with E-state index in [1.807, 2.05) is 19.9 Å². The van der Waals surface area contributed by atoms with Crippen LogP contribution in [0, 0.1) is 12.8 Å². The molecule has 1 atom stereocenters. The van der Waals surface area contributed by atoms with Crippen molar-refractivity contribution in [3.05, 3.63) is 23.2 Å². The third-order valence-corrected chi connectivity index (χ3v) is 3.81. The van der Waals surface area contributed by atoms with Gasteiger partial charge in [-0.15, -0.1) is 0 Å². The van der Waals surface area contributed by atoms with Gasteiger partial charge in [0.1, 0.15) is 5.76 Å². The van der Waals surface area contributed by atoms with Gasteiger partial charge >= 0.3 is 0 Å². The van der Waals surface area contributed by atoms with Gasteiger partial charge in [-0.05, 0) is 31.7 Å². The van der Waals surface area contributed by atoms with Crippen LogP contribution in [-0.4, -0.2) is 29.8 Å². The van der Waals surface area contributed by atoms with Crippen molar-refractivity contribution in [2.24, 2.45) is 11.7 Å². The average Bonchev–Trinajstić information content (AvgIpc) is 2.79. The number of nitrogens with two attached hydrogens (primary N) is 1. The molecule has 1 aromatic heterocycles. The number of primary amides is 1. The Morgan fingerprint density at radius 3 is 2.85 bits per heavy atom. The summed E-state index contributed by atoms with van der Waals surface area (Å²) in [6, 6.07) is 1.91. The Morgan fingerprint density at radius 2 is 2.25 bits per heavy atom. The fourth-order valence-corrected chi connectivity index (χ4v) is 2.78. The lowest BCUT2D eigenvalue weighted by atomic mass is 9.94. The monoisotopic (exact) mass is 278 g/mol. The van der Waals surface area contributed by atoms with Crippen LogP contribution in [0.1, 0.15) is 48.1 Å². The maximum Gasteiger partial charge on any atom is 0.289 e. The Balaban J connectivity index is 2.07. The quantitative estimate of drug-likeness (QED) is 0.913. The van der Waals surface area contributed by atoms with Crippen LogP contribution in [0.4, 0.5) is 0 Å². The molecule has 0 saturated carbocycles. The lowest BCUT2D eigenvalue weighted by Crippen LogP contribution is -2.41. The van der Waals surface area contributed by atoms with Crippen LogP contribution in [0.3, 0.4) is 0 Å². The number of nitrogens with zero attached hydrogens (tertiary/aromatic N) is 1. The van der Waals surface area contributed by atoms with Gasteiger partial charge < -0.3 is 15.1 Å². The van der Waals surface area contributed by atoms with Crippen LogP contribution in [0.5, 0.6) is 0 Å². The molecule has 2 amide bonds. The third-order valence-electron chi connectivity index (χ3n) is 3.81. The largest absolute Gasteiger partial charge is 0.456 e. The molecule has 2 N–H and O–H groups in total. The minimum Gasteiger partial charge on any atom is -0.456 e. The molecule has 1 saturated heterocycles. The molecule has 5 nitrogen and oxygen atoms in total. The number of aryl methyl sites for hydroxylation is 2. The maximum atomic E-state index is 12.5. The van der Waals surface area contributed by atoms with Gasteiger partial charge in [0.2, 0.25) is 5.91 Å². The fourth-order valence-electron chi connectivity index (χ4n) is 2.78. The molecule has 2 rings (SSSR count). The first kappa shape index (κ1) is 14.6. The number of carbonyl (C=O) groups excluding carboxylic acids is 2. The SMILES string of the molecule is CCc1cc(C)c(C(=O)N2CCC[C@H](CC(N)=O)C2)o1. The molecule has 1 fully saturated rings. The number of piperidine rings is 1. The van der Waals surface area contributed by atoms with E-state index in [-0.39, 0.29) is 17.7 Å². The highest BCUT2D eigenvalue weighted by molar-refractivity contribution is 5.93. The zero-order valence-corrected chi connectivity index (χ0v) is 12.1. The van der Waals surface area contributed by atoms with E-state index in [2.05, 4.69) is 0 Å². The predicted octanol–water partition coefficient (Wildman–Crippen LogP) is 1.88. The number of amides is 2. The summed E-state index contributed by atoms with van der Waals surface area (Å²) in [6.07, 6.45) is 2.98. The van der Waals surface area contributed by atoms with Crippen molar-refractivity contribution >= 4 is 11.8 Å². The minimum atomic E-state index is -0.299. The Labute approximate surface area is 119 Å². The topological polar surface area (TPSA) is 76.5 Å². The number of carbonyl (C=O) groups is 2. The van der Waals surface area contributed by atoms with Crippen molar-refractivity contribution in [3.8, 4) is 0 Å². The Bertz CT molecular complexity index is 507. The van der Waals surface area contributed by atoms with E-state index >= 15 is 0 Å². The molecule has 2 heterocycles. The van der Waals surface area contributed by atoms with E-state index in [4.69, 9.17) is 10.2 Å². The smallest absolute Gasteiger partial charge is 0.289 e. The van der Waals surface area contributed by atoms with Crippen molar-refractivity contribution in [2.45, 2.75) is 39.5 Å². The standard InChI is InChI=1S/C15H22N2O3/c1-3-12-7-10(2)14(20-12)15(19)17-6-4-5-11(9-17)8-13(16)18/h7,11H,3-6,8-9H2,1-2H3,(H2,16,18)/t11-/m1/s1. The first-order valence-electron chi connectivity index (χ1n) is 7.18. The molecular formula is C15H22N2O3. The lowest BCUT2D eigenvalue weighted by Gasteiger charge is -2.31. The van der Waals surface area contributed by atoms with E-state index in [0.29, 0.717) is 18.7 Å². The molecule has 20 heavy (non-hydrogen) atoms. The summed E-state index contributed by atoms with van der Waals surface area (Å²) in [5, 5.41) is 0. The Morgan fingerprint density at radius 1 is 1.50 bits per heavy atom. The highest BCUT2D eigenvalue weighted by Crippen LogP contribution is 2.23. The van der Waals surface area contributed by atoms with Gasteiger partial charge in [0, 0.05) is 31.5 Å². The lowest BCUT2D eigenvalue weighted by molar-refractivity contribution is -0.119. The van der Waals surface area contributed by atoms with Crippen LogP contribution in [0.25, 0.3) is 0 Å². The van der Waals surface area contributed by atoms with Crippen LogP contribution in [-0.2, 0) is 11.2 Å². The minimum absolute atomic E-state index is 0.0728. The summed E-state index contributed by atoms with van der Waals surface area (Å²) in [6.45, 7) is 5.19. The molecule has 1 aromatic rings. The molecule has 5 heteroatoms. The van der Waals surface area contributed by atoms with E-state index in [0.717, 1.165) is 37.1 Å². The van der Waals surface area contributed by atoms with Crippen LogP contribution in [0.15, 0.2) is 10.5 Å². The van der Waals surface area contributed by atoms with Crippen molar-refractivity contribution < 1.29 is 14.0 Å². The summed E-state index contributed by atoms with van der Waals surface area (Å²) >= 11 is 0. The first-order valence-corrected chi connectivity index (χ1v) is 7.18. The maximum absolute atomic E-state index is 12.5. The summed E-state index contributed by atoms with van der Waals surface area (Å²) in [7, 11) is 0. The molecule has 0 unspecified atom stereocenters. The molecule has 0 aliphatic carbocycles. The summed E-state index contributed by atoms with van der Waals surface area (Å²) in [5.41, 5.74) is 6.12. The summed E-state index contributed by atoms with van der Waals surface area (Å²) in [4.78, 5) is 25.3. The molecular weight excluding hydrogens is 256 g/mol. The van der Waals surface area contributed by atoms with Crippen LogP contribution < -0.4 is 5.73 Å². The fraction of sp³-hybridized carbons (Fsp3) is 0.600. The second-order valence-electron chi connectivity index (χ2n) is 5.51. The molecule has 1 aliphatic heterocycles. The molecule has 0 spiro atoms. The van der Waals surface area contributed by atoms with Gasteiger partial charge in [-0.3, -0.25) is 9.59 Å². The van der Waals surface area contributed by atoms with Gasteiger partial charge in [0.25, 0.3) is 5.91 Å². The van der Waals surface area contributed by atoms with E-state index in [1.165, 1.54) is 0 Å². The van der Waals surface area contributed by atoms with Crippen molar-refractivity contribution in [2.75, 3.05) is 13.1 Å².